The second kappa shape index (κ2) is 6.71. The van der Waals surface area contributed by atoms with E-state index in [1.807, 2.05) is 0 Å². The number of nitrogens with one attached hydrogen (secondary N) is 1. The number of hydrogen-bond acceptors (Lipinski definition) is 3. The quantitative estimate of drug-likeness (QED) is 0.686. The van der Waals surface area contributed by atoms with Crippen LogP contribution in [0.1, 0.15) is 20.8 Å². The summed E-state index contributed by atoms with van der Waals surface area (Å²) in [6.07, 6.45) is 0. The Balaban J connectivity index is 2.10. The van der Waals surface area contributed by atoms with Crippen molar-refractivity contribution in [2.24, 2.45) is 0 Å². The molecule has 28 heavy (non-hydrogen) atoms. The van der Waals surface area contributed by atoms with E-state index < -0.39 is 8.07 Å². The van der Waals surface area contributed by atoms with Crippen molar-refractivity contribution >= 4 is 35.0 Å². The van der Waals surface area contributed by atoms with Crippen LogP contribution in [0.25, 0.3) is 0 Å². The average molecular weight is 390 g/mol. The van der Waals surface area contributed by atoms with Crippen molar-refractivity contribution in [3.8, 4) is 11.5 Å². The van der Waals surface area contributed by atoms with E-state index in [-0.39, 0.29) is 5.04 Å². The summed E-state index contributed by atoms with van der Waals surface area (Å²) in [6, 6.07) is 23.9. The van der Waals surface area contributed by atoms with E-state index in [9.17, 15) is 0 Å². The second-order valence-electron chi connectivity index (χ2n) is 8.31. The van der Waals surface area contributed by atoms with Gasteiger partial charge in [-0.1, -0.05) is 57.2 Å². The molecule has 4 rings (SSSR count). The molecule has 0 spiro atoms. The van der Waals surface area contributed by atoms with E-state index in [1.54, 1.807) is 14.2 Å². The standard InChI is InChI=1S/C24H27NO2Si/c1-24(2,3)28(19-13-10-17(26-4)11-14-19)22-9-7-6-8-20(22)25-21-16-18(27-5)12-15-23(21)28/h6-16,25H,1-5H3/t28-/m0/s1. The van der Waals surface area contributed by atoms with Crippen molar-refractivity contribution in [3.63, 3.8) is 0 Å². The fraction of sp³-hybridized carbons (Fsp3) is 0.250. The van der Waals surface area contributed by atoms with Gasteiger partial charge in [0.25, 0.3) is 0 Å². The van der Waals surface area contributed by atoms with Crippen molar-refractivity contribution in [2.75, 3.05) is 19.5 Å². The molecule has 4 heteroatoms. The second-order valence-corrected chi connectivity index (χ2v) is 13.0. The summed E-state index contributed by atoms with van der Waals surface area (Å²) in [7, 11) is 1.09. The molecule has 0 radical (unpaired) electrons. The summed E-state index contributed by atoms with van der Waals surface area (Å²) in [5.41, 5.74) is 2.34. The minimum absolute atomic E-state index is 0.0587. The Morgan fingerprint density at radius 1 is 0.714 bits per heavy atom. The maximum atomic E-state index is 5.52. The van der Waals surface area contributed by atoms with E-state index in [0.29, 0.717) is 0 Å². The van der Waals surface area contributed by atoms with Crippen LogP contribution < -0.4 is 30.4 Å². The predicted molar refractivity (Wildman–Crippen MR) is 120 cm³/mol. The number of para-hydroxylation sites is 1. The first-order valence-corrected chi connectivity index (χ1v) is 11.6. The molecular formula is C24H27NO2Si. The summed E-state index contributed by atoms with van der Waals surface area (Å²) < 4.78 is 10.9. The van der Waals surface area contributed by atoms with Crippen molar-refractivity contribution < 1.29 is 9.47 Å². The summed E-state index contributed by atoms with van der Waals surface area (Å²) >= 11 is 0. The Morgan fingerprint density at radius 3 is 1.96 bits per heavy atom. The number of rotatable bonds is 3. The Hall–Kier alpha value is -2.72. The van der Waals surface area contributed by atoms with Gasteiger partial charge < -0.3 is 14.8 Å². The van der Waals surface area contributed by atoms with Gasteiger partial charge >= 0.3 is 0 Å². The molecular weight excluding hydrogens is 362 g/mol. The fourth-order valence-electron chi connectivity index (χ4n) is 4.68. The van der Waals surface area contributed by atoms with Gasteiger partial charge in [-0.3, -0.25) is 0 Å². The lowest BCUT2D eigenvalue weighted by atomic mass is 10.2. The number of anilines is 2. The number of fused-ring (bicyclic) bond motifs is 2. The molecule has 0 aliphatic carbocycles. The van der Waals surface area contributed by atoms with Crippen LogP contribution in [0.5, 0.6) is 11.5 Å². The zero-order valence-corrected chi connectivity index (χ0v) is 18.2. The minimum Gasteiger partial charge on any atom is -0.497 e. The fourth-order valence-corrected chi connectivity index (χ4v) is 10.5. The van der Waals surface area contributed by atoms with Gasteiger partial charge in [-0.05, 0) is 44.9 Å². The molecule has 0 amide bonds. The number of methoxy groups -OCH3 is 2. The molecule has 3 aromatic carbocycles. The molecule has 0 saturated heterocycles. The highest BCUT2D eigenvalue weighted by molar-refractivity contribution is 7.15. The van der Waals surface area contributed by atoms with Gasteiger partial charge in [0, 0.05) is 17.4 Å². The molecule has 1 atom stereocenters. The summed E-state index contributed by atoms with van der Waals surface area (Å²) in [6.45, 7) is 7.12. The third kappa shape index (κ3) is 2.63. The summed E-state index contributed by atoms with van der Waals surface area (Å²) in [5, 5.41) is 7.93. The van der Waals surface area contributed by atoms with Gasteiger partial charge in [-0.25, -0.2) is 0 Å². The molecule has 0 bridgehead atoms. The molecule has 1 N–H and O–H groups in total. The molecule has 0 unspecified atom stereocenters. The largest absolute Gasteiger partial charge is 0.497 e. The Kier molecular flexibility index (Phi) is 4.46. The summed E-state index contributed by atoms with van der Waals surface area (Å²) in [4.78, 5) is 0. The number of hydrogen-bond donors (Lipinski definition) is 1. The van der Waals surface area contributed by atoms with Gasteiger partial charge in [0.1, 0.15) is 11.5 Å². The Bertz CT molecular complexity index is 1010. The van der Waals surface area contributed by atoms with Gasteiger partial charge in [0.15, 0.2) is 8.07 Å². The lowest BCUT2D eigenvalue weighted by Gasteiger charge is -2.48. The van der Waals surface area contributed by atoms with Crippen LogP contribution in [-0.4, -0.2) is 22.3 Å². The van der Waals surface area contributed by atoms with E-state index in [0.717, 1.165) is 17.2 Å². The van der Waals surface area contributed by atoms with Crippen molar-refractivity contribution in [1.29, 1.82) is 0 Å². The highest BCUT2D eigenvalue weighted by atomic mass is 28.3. The zero-order valence-electron chi connectivity index (χ0n) is 17.2. The number of ether oxygens (including phenoxy) is 2. The molecule has 3 aromatic rings. The zero-order chi connectivity index (χ0) is 19.9. The van der Waals surface area contributed by atoms with E-state index >= 15 is 0 Å². The molecule has 1 aliphatic rings. The molecule has 0 aromatic heterocycles. The van der Waals surface area contributed by atoms with Crippen LogP contribution in [0.3, 0.4) is 0 Å². The van der Waals surface area contributed by atoms with Gasteiger partial charge in [0.2, 0.25) is 0 Å². The molecule has 0 saturated carbocycles. The van der Waals surface area contributed by atoms with Crippen LogP contribution >= 0.6 is 0 Å². The van der Waals surface area contributed by atoms with E-state index in [1.165, 1.54) is 21.2 Å². The first-order chi connectivity index (χ1) is 13.4. The van der Waals surface area contributed by atoms with Crippen LogP contribution in [0, 0.1) is 0 Å². The molecule has 1 aliphatic heterocycles. The van der Waals surface area contributed by atoms with E-state index in [2.05, 4.69) is 92.8 Å². The van der Waals surface area contributed by atoms with Crippen LogP contribution in [-0.2, 0) is 0 Å². The number of benzene rings is 3. The average Bonchev–Trinajstić information content (AvgIpc) is 2.70. The normalized spacial score (nSPS) is 17.9. The Morgan fingerprint density at radius 2 is 1.32 bits per heavy atom. The van der Waals surface area contributed by atoms with Gasteiger partial charge in [0.05, 0.1) is 14.2 Å². The van der Waals surface area contributed by atoms with Crippen molar-refractivity contribution in [3.05, 3.63) is 66.7 Å². The van der Waals surface area contributed by atoms with Crippen molar-refractivity contribution in [2.45, 2.75) is 25.8 Å². The highest BCUT2D eigenvalue weighted by Crippen LogP contribution is 2.41. The SMILES string of the molecule is COc1ccc([Si@]2(C(C)(C)C)c3ccccc3Nc3cc(OC)ccc32)cc1. The topological polar surface area (TPSA) is 30.5 Å². The smallest absolute Gasteiger partial charge is 0.158 e. The monoisotopic (exact) mass is 389 g/mol. The van der Waals surface area contributed by atoms with Gasteiger partial charge in [-0.15, -0.1) is 0 Å². The maximum absolute atomic E-state index is 5.52. The lowest BCUT2D eigenvalue weighted by Crippen LogP contribution is -2.74. The maximum Gasteiger partial charge on any atom is 0.158 e. The predicted octanol–water partition coefficient (Wildman–Crippen LogP) is 4.03. The summed E-state index contributed by atoms with van der Waals surface area (Å²) in [5.74, 6) is 1.76. The molecule has 1 heterocycles. The third-order valence-corrected chi connectivity index (χ3v) is 11.8. The lowest BCUT2D eigenvalue weighted by molar-refractivity contribution is 0.415. The van der Waals surface area contributed by atoms with Crippen molar-refractivity contribution in [1.82, 2.24) is 0 Å². The molecule has 3 nitrogen and oxygen atoms in total. The Labute approximate surface area is 168 Å². The van der Waals surface area contributed by atoms with Crippen LogP contribution in [0.4, 0.5) is 11.4 Å². The first kappa shape index (κ1) is 18.6. The molecule has 0 fully saturated rings. The van der Waals surface area contributed by atoms with Gasteiger partial charge in [-0.2, -0.15) is 0 Å². The van der Waals surface area contributed by atoms with Crippen LogP contribution in [0.15, 0.2) is 66.7 Å². The molecule has 144 valence electrons. The first-order valence-electron chi connectivity index (χ1n) is 9.61. The van der Waals surface area contributed by atoms with E-state index in [4.69, 9.17) is 9.47 Å². The van der Waals surface area contributed by atoms with Crippen LogP contribution in [0.2, 0.25) is 5.04 Å². The minimum atomic E-state index is -2.35. The third-order valence-electron chi connectivity index (χ3n) is 5.88. The highest BCUT2D eigenvalue weighted by Gasteiger charge is 2.53.